The van der Waals surface area contributed by atoms with Gasteiger partial charge in [-0.2, -0.15) is 5.10 Å². The number of hydrogen-bond donors (Lipinski definition) is 3. The first-order chi connectivity index (χ1) is 8.73. The van der Waals surface area contributed by atoms with Crippen LogP contribution in [0.4, 0.5) is 11.5 Å². The minimum atomic E-state index is -0.576. The molecule has 1 heterocycles. The molecule has 0 aromatic carbocycles. The van der Waals surface area contributed by atoms with Gasteiger partial charge < -0.3 is 22.1 Å². The number of nitrogens with two attached hydrogens (primary N) is 3. The highest BCUT2D eigenvalue weighted by Gasteiger charge is 2.23. The van der Waals surface area contributed by atoms with Gasteiger partial charge in [-0.25, -0.2) is 0 Å². The van der Waals surface area contributed by atoms with E-state index in [2.05, 4.69) is 5.10 Å². The summed E-state index contributed by atoms with van der Waals surface area (Å²) in [5.74, 6) is -0.550. The molecular formula is C11H20N6O2. The second-order valence-electron chi connectivity index (χ2n) is 4.69. The molecule has 0 radical (unpaired) electrons. The number of hydrogen-bond acceptors (Lipinski definition) is 5. The Morgan fingerprint density at radius 1 is 1.26 bits per heavy atom. The summed E-state index contributed by atoms with van der Waals surface area (Å²) in [4.78, 5) is 23.6. The lowest BCUT2D eigenvalue weighted by molar-refractivity contribution is -0.117. The molecule has 0 saturated heterocycles. The van der Waals surface area contributed by atoms with Crippen molar-refractivity contribution in [2.24, 2.45) is 18.5 Å². The number of carbonyl (C=O) groups is 2. The number of carbonyl (C=O) groups excluding carboxylic acids is 2. The van der Waals surface area contributed by atoms with Crippen LogP contribution in [0.1, 0.15) is 25.5 Å². The first kappa shape index (κ1) is 14.8. The molecule has 0 saturated carbocycles. The Morgan fingerprint density at radius 3 is 2.05 bits per heavy atom. The number of rotatable bonds is 6. The second kappa shape index (κ2) is 5.59. The fourth-order valence-electron chi connectivity index (χ4n) is 1.94. The Hall–Kier alpha value is -2.25. The maximum Gasteiger partial charge on any atom is 0.237 e. The van der Waals surface area contributed by atoms with Gasteiger partial charge in [0.05, 0.1) is 24.5 Å². The molecule has 0 unspecified atom stereocenters. The van der Waals surface area contributed by atoms with Gasteiger partial charge in [0.15, 0.2) is 5.82 Å². The molecule has 8 nitrogen and oxygen atoms in total. The lowest BCUT2D eigenvalue weighted by Crippen LogP contribution is -2.41. The Kier molecular flexibility index (Phi) is 4.36. The minimum Gasteiger partial charge on any atom is -0.394 e. The fourth-order valence-corrected chi connectivity index (χ4v) is 1.94. The van der Waals surface area contributed by atoms with Gasteiger partial charge in [0.25, 0.3) is 0 Å². The van der Waals surface area contributed by atoms with E-state index in [9.17, 15) is 9.59 Å². The molecule has 6 N–H and O–H groups in total. The van der Waals surface area contributed by atoms with Crippen molar-refractivity contribution in [3.05, 3.63) is 5.69 Å². The van der Waals surface area contributed by atoms with Crippen LogP contribution in [0.2, 0.25) is 0 Å². The lowest BCUT2D eigenvalue weighted by atomic mass is 10.1. The Labute approximate surface area is 111 Å². The quantitative estimate of drug-likeness (QED) is 0.602. The smallest absolute Gasteiger partial charge is 0.237 e. The van der Waals surface area contributed by atoms with Crippen LogP contribution in [0.5, 0.6) is 0 Å². The Balaban J connectivity index is 3.21. The zero-order chi connectivity index (χ0) is 14.7. The average molecular weight is 268 g/mol. The number of nitrogen functional groups attached to an aromatic ring is 1. The van der Waals surface area contributed by atoms with E-state index in [4.69, 9.17) is 17.2 Å². The van der Waals surface area contributed by atoms with Gasteiger partial charge in [-0.1, -0.05) is 13.8 Å². The minimum absolute atomic E-state index is 0.129. The maximum absolute atomic E-state index is 11.1. The van der Waals surface area contributed by atoms with Gasteiger partial charge in [0, 0.05) is 7.05 Å². The zero-order valence-corrected chi connectivity index (χ0v) is 11.4. The molecule has 0 spiro atoms. The monoisotopic (exact) mass is 268 g/mol. The molecule has 0 atom stereocenters. The van der Waals surface area contributed by atoms with Gasteiger partial charge in [0.1, 0.15) is 0 Å². The predicted molar refractivity (Wildman–Crippen MR) is 72.3 cm³/mol. The number of aromatic nitrogens is 2. The van der Waals surface area contributed by atoms with E-state index < -0.39 is 11.8 Å². The number of anilines is 2. The summed E-state index contributed by atoms with van der Waals surface area (Å²) in [5, 5.41) is 4.29. The molecule has 19 heavy (non-hydrogen) atoms. The standard InChI is InChI=1S/C11H20N6O2/c1-6(2)10-9(14)11(16(3)15-10)17(4-7(12)18)5-8(13)19/h6H,4-5,14H2,1-3H3,(H2,12,18)(H2,13,19). The van der Waals surface area contributed by atoms with Crippen LogP contribution >= 0.6 is 0 Å². The van der Waals surface area contributed by atoms with Crippen LogP contribution in [0.3, 0.4) is 0 Å². The van der Waals surface area contributed by atoms with Gasteiger partial charge in [-0.15, -0.1) is 0 Å². The van der Waals surface area contributed by atoms with E-state index in [1.54, 1.807) is 7.05 Å². The fraction of sp³-hybridized carbons (Fsp3) is 0.545. The van der Waals surface area contributed by atoms with Crippen LogP contribution in [0, 0.1) is 0 Å². The zero-order valence-electron chi connectivity index (χ0n) is 11.4. The molecule has 1 aromatic rings. The first-order valence-corrected chi connectivity index (χ1v) is 5.88. The van der Waals surface area contributed by atoms with Crippen molar-refractivity contribution in [1.29, 1.82) is 0 Å². The maximum atomic E-state index is 11.1. The largest absolute Gasteiger partial charge is 0.394 e. The van der Waals surface area contributed by atoms with E-state index in [-0.39, 0.29) is 19.0 Å². The van der Waals surface area contributed by atoms with E-state index in [1.807, 2.05) is 13.8 Å². The highest BCUT2D eigenvalue weighted by atomic mass is 16.2. The van der Waals surface area contributed by atoms with Crippen LogP contribution in [0.25, 0.3) is 0 Å². The number of aryl methyl sites for hydroxylation is 1. The van der Waals surface area contributed by atoms with E-state index in [0.717, 1.165) is 0 Å². The highest BCUT2D eigenvalue weighted by molar-refractivity contribution is 5.86. The topological polar surface area (TPSA) is 133 Å². The summed E-state index contributed by atoms with van der Waals surface area (Å²) >= 11 is 0. The molecular weight excluding hydrogens is 248 g/mol. The summed E-state index contributed by atoms with van der Waals surface area (Å²) in [5.41, 5.74) is 17.5. The number of primary amides is 2. The van der Waals surface area contributed by atoms with E-state index in [0.29, 0.717) is 17.2 Å². The summed E-state index contributed by atoms with van der Waals surface area (Å²) in [6.45, 7) is 3.61. The van der Waals surface area contributed by atoms with E-state index in [1.165, 1.54) is 9.58 Å². The Bertz CT molecular complexity index is 478. The van der Waals surface area contributed by atoms with Gasteiger partial charge in [0.2, 0.25) is 11.8 Å². The summed E-state index contributed by atoms with van der Waals surface area (Å²) in [6.07, 6.45) is 0. The van der Waals surface area contributed by atoms with Crippen molar-refractivity contribution < 1.29 is 9.59 Å². The normalized spacial score (nSPS) is 10.7. The second-order valence-corrected chi connectivity index (χ2v) is 4.69. The van der Waals surface area contributed by atoms with Crippen molar-refractivity contribution in [2.75, 3.05) is 23.7 Å². The molecule has 2 amide bonds. The third-order valence-corrected chi connectivity index (χ3v) is 2.62. The highest BCUT2D eigenvalue weighted by Crippen LogP contribution is 2.30. The molecule has 0 aliphatic heterocycles. The van der Waals surface area contributed by atoms with Gasteiger partial charge in [-0.3, -0.25) is 14.3 Å². The summed E-state index contributed by atoms with van der Waals surface area (Å²) < 4.78 is 1.52. The predicted octanol–water partition coefficient (Wildman–Crippen LogP) is -1.10. The van der Waals surface area contributed by atoms with Gasteiger partial charge in [-0.05, 0) is 5.92 Å². The van der Waals surface area contributed by atoms with Crippen molar-refractivity contribution in [2.45, 2.75) is 19.8 Å². The van der Waals surface area contributed by atoms with Crippen molar-refractivity contribution in [3.8, 4) is 0 Å². The average Bonchev–Trinajstić information content (AvgIpc) is 2.52. The lowest BCUT2D eigenvalue weighted by Gasteiger charge is -2.22. The summed E-state index contributed by atoms with van der Waals surface area (Å²) in [6, 6.07) is 0. The van der Waals surface area contributed by atoms with E-state index >= 15 is 0 Å². The molecule has 0 fully saturated rings. The van der Waals surface area contributed by atoms with Crippen LogP contribution in [-0.4, -0.2) is 34.7 Å². The SMILES string of the molecule is CC(C)c1nn(C)c(N(CC(N)=O)CC(N)=O)c1N. The number of nitrogens with zero attached hydrogens (tertiary/aromatic N) is 3. The van der Waals surface area contributed by atoms with Crippen LogP contribution in [0.15, 0.2) is 0 Å². The molecule has 1 aromatic heterocycles. The summed E-state index contributed by atoms with van der Waals surface area (Å²) in [7, 11) is 1.69. The van der Waals surface area contributed by atoms with Crippen molar-refractivity contribution in [3.63, 3.8) is 0 Å². The van der Waals surface area contributed by atoms with Crippen molar-refractivity contribution in [1.82, 2.24) is 9.78 Å². The molecule has 0 aliphatic carbocycles. The van der Waals surface area contributed by atoms with Crippen LogP contribution in [-0.2, 0) is 16.6 Å². The molecule has 8 heteroatoms. The van der Waals surface area contributed by atoms with Crippen molar-refractivity contribution >= 4 is 23.3 Å². The molecule has 106 valence electrons. The third-order valence-electron chi connectivity index (χ3n) is 2.62. The molecule has 0 bridgehead atoms. The van der Waals surface area contributed by atoms with Crippen LogP contribution < -0.4 is 22.1 Å². The van der Waals surface area contributed by atoms with Gasteiger partial charge >= 0.3 is 0 Å². The Morgan fingerprint density at radius 2 is 1.74 bits per heavy atom. The molecule has 1 rings (SSSR count). The first-order valence-electron chi connectivity index (χ1n) is 5.88. The third kappa shape index (κ3) is 3.36. The molecule has 0 aliphatic rings. The number of amides is 2.